The van der Waals surface area contributed by atoms with Crippen molar-refractivity contribution in [1.82, 2.24) is 9.55 Å². The van der Waals surface area contributed by atoms with Crippen LogP contribution in [0.3, 0.4) is 0 Å². The number of carbonyl (C=O) groups is 1. The first-order chi connectivity index (χ1) is 12.1. The number of aryl methyl sites for hydroxylation is 1. The molecule has 0 radical (unpaired) electrons. The Hall–Kier alpha value is -2.60. The van der Waals surface area contributed by atoms with E-state index in [2.05, 4.69) is 4.98 Å². The molecule has 1 aliphatic rings. The topological polar surface area (TPSA) is 61.2 Å². The lowest BCUT2D eigenvalue weighted by Gasteiger charge is -2.16. The largest absolute Gasteiger partial charge is 0.465 e. The lowest BCUT2D eigenvalue weighted by Crippen LogP contribution is -2.24. The van der Waals surface area contributed by atoms with Crippen molar-refractivity contribution >= 4 is 28.6 Å². The van der Waals surface area contributed by atoms with Gasteiger partial charge in [0.1, 0.15) is 5.25 Å². The van der Waals surface area contributed by atoms with Crippen molar-refractivity contribution in [3.05, 3.63) is 64.4 Å². The average Bonchev–Trinajstić information content (AvgIpc) is 3.01. The molecule has 6 heteroatoms. The second kappa shape index (κ2) is 6.37. The van der Waals surface area contributed by atoms with Crippen LogP contribution in [0.5, 0.6) is 0 Å². The second-order valence-corrected chi connectivity index (χ2v) is 7.07. The number of benzene rings is 2. The Balaban J connectivity index is 1.96. The van der Waals surface area contributed by atoms with Gasteiger partial charge in [0, 0.05) is 6.42 Å². The fourth-order valence-corrected chi connectivity index (χ4v) is 4.00. The number of esters is 1. The van der Waals surface area contributed by atoms with Crippen molar-refractivity contribution in [2.45, 2.75) is 23.8 Å². The molecule has 0 aliphatic carbocycles. The van der Waals surface area contributed by atoms with Gasteiger partial charge in [-0.05, 0) is 30.7 Å². The Kier molecular flexibility index (Phi) is 4.05. The van der Waals surface area contributed by atoms with E-state index in [4.69, 9.17) is 4.74 Å². The summed E-state index contributed by atoms with van der Waals surface area (Å²) in [5.74, 6) is -0.247. The predicted octanol–water partition coefficient (Wildman–Crippen LogP) is 3.10. The molecule has 2 heterocycles. The molecule has 0 amide bonds. The van der Waals surface area contributed by atoms with Gasteiger partial charge >= 0.3 is 5.97 Å². The van der Waals surface area contributed by atoms with Crippen LogP contribution in [0, 0.1) is 6.92 Å². The van der Waals surface area contributed by atoms with Crippen molar-refractivity contribution in [3.63, 3.8) is 0 Å². The highest BCUT2D eigenvalue weighted by molar-refractivity contribution is 8.00. The standard InChI is InChI=1S/C19H16N2O3S/c1-12-6-2-5-9-15(12)21-17(22)13-7-3-4-8-14(13)20-19(21)25-16-10-11-24-18(16)23/h2-9,16H,10-11H2,1H3/t16-/m1/s1. The van der Waals surface area contributed by atoms with E-state index in [1.54, 1.807) is 10.6 Å². The van der Waals surface area contributed by atoms with E-state index < -0.39 is 0 Å². The first-order valence-corrected chi connectivity index (χ1v) is 8.94. The summed E-state index contributed by atoms with van der Waals surface area (Å²) in [6, 6.07) is 14.9. The number of hydrogen-bond acceptors (Lipinski definition) is 5. The minimum absolute atomic E-state index is 0.131. The van der Waals surface area contributed by atoms with Gasteiger partial charge in [0.05, 0.1) is 23.2 Å². The summed E-state index contributed by atoms with van der Waals surface area (Å²) in [6.07, 6.45) is 0.625. The molecule has 0 unspecified atom stereocenters. The lowest BCUT2D eigenvalue weighted by molar-refractivity contribution is -0.137. The molecular weight excluding hydrogens is 336 g/mol. The number of fused-ring (bicyclic) bond motifs is 1. The van der Waals surface area contributed by atoms with Gasteiger partial charge in [-0.1, -0.05) is 42.1 Å². The quantitative estimate of drug-likeness (QED) is 0.535. The molecule has 1 aliphatic heterocycles. The van der Waals surface area contributed by atoms with Gasteiger partial charge in [-0.25, -0.2) is 4.98 Å². The molecule has 5 nitrogen and oxygen atoms in total. The molecular formula is C19H16N2O3S. The highest BCUT2D eigenvalue weighted by Crippen LogP contribution is 2.30. The zero-order valence-electron chi connectivity index (χ0n) is 13.6. The van der Waals surface area contributed by atoms with Gasteiger partial charge in [0.15, 0.2) is 5.16 Å². The van der Waals surface area contributed by atoms with Crippen molar-refractivity contribution in [2.75, 3.05) is 6.61 Å². The van der Waals surface area contributed by atoms with Crippen molar-refractivity contribution < 1.29 is 9.53 Å². The number of hydrogen-bond donors (Lipinski definition) is 0. The molecule has 1 fully saturated rings. The summed E-state index contributed by atoms with van der Waals surface area (Å²) < 4.78 is 6.65. The van der Waals surface area contributed by atoms with E-state index in [0.717, 1.165) is 11.3 Å². The van der Waals surface area contributed by atoms with Crippen LogP contribution in [-0.2, 0) is 9.53 Å². The molecule has 0 spiro atoms. The monoisotopic (exact) mass is 352 g/mol. The molecule has 1 aromatic heterocycles. The Morgan fingerprint density at radius 1 is 1.12 bits per heavy atom. The number of rotatable bonds is 3. The van der Waals surface area contributed by atoms with Crippen molar-refractivity contribution in [3.8, 4) is 5.69 Å². The fourth-order valence-electron chi connectivity index (χ4n) is 2.93. The van der Waals surface area contributed by atoms with Crippen molar-refractivity contribution in [1.29, 1.82) is 0 Å². The molecule has 0 bridgehead atoms. The van der Waals surface area contributed by atoms with Crippen LogP contribution in [0.4, 0.5) is 0 Å². The Morgan fingerprint density at radius 2 is 1.88 bits per heavy atom. The van der Waals surface area contributed by atoms with Gasteiger partial charge in [-0.2, -0.15) is 0 Å². The highest BCUT2D eigenvalue weighted by atomic mass is 32.2. The lowest BCUT2D eigenvalue weighted by atomic mass is 10.2. The first kappa shape index (κ1) is 15.9. The summed E-state index contributed by atoms with van der Waals surface area (Å²) >= 11 is 1.30. The Bertz CT molecular complexity index is 1030. The smallest absolute Gasteiger partial charge is 0.319 e. The minimum Gasteiger partial charge on any atom is -0.465 e. The number of para-hydroxylation sites is 2. The number of ether oxygens (including phenoxy) is 1. The molecule has 4 rings (SSSR count). The molecule has 2 aromatic carbocycles. The van der Waals surface area contributed by atoms with Gasteiger partial charge in [-0.15, -0.1) is 0 Å². The van der Waals surface area contributed by atoms with E-state index in [-0.39, 0.29) is 16.8 Å². The van der Waals surface area contributed by atoms with E-state index in [9.17, 15) is 9.59 Å². The minimum atomic E-state index is -0.330. The fraction of sp³-hybridized carbons (Fsp3) is 0.211. The normalized spacial score (nSPS) is 17.0. The predicted molar refractivity (Wildman–Crippen MR) is 97.3 cm³/mol. The molecule has 126 valence electrons. The third-order valence-corrected chi connectivity index (χ3v) is 5.43. The van der Waals surface area contributed by atoms with Crippen LogP contribution in [0.1, 0.15) is 12.0 Å². The Morgan fingerprint density at radius 3 is 2.64 bits per heavy atom. The SMILES string of the molecule is Cc1ccccc1-n1c(S[C@@H]2CCOC2=O)nc2ccccc2c1=O. The number of thioether (sulfide) groups is 1. The van der Waals surface area contributed by atoms with Crippen LogP contribution in [0.15, 0.2) is 58.5 Å². The summed E-state index contributed by atoms with van der Waals surface area (Å²) in [5.41, 5.74) is 2.25. The summed E-state index contributed by atoms with van der Waals surface area (Å²) in [5, 5.41) is 0.745. The molecule has 25 heavy (non-hydrogen) atoms. The molecule has 1 saturated heterocycles. The maximum atomic E-state index is 13.2. The zero-order chi connectivity index (χ0) is 17.4. The van der Waals surface area contributed by atoms with Crippen LogP contribution in [0.25, 0.3) is 16.6 Å². The maximum Gasteiger partial charge on any atom is 0.319 e. The van der Waals surface area contributed by atoms with E-state index in [1.165, 1.54) is 11.8 Å². The van der Waals surface area contributed by atoms with Gasteiger partial charge in [-0.3, -0.25) is 14.2 Å². The summed E-state index contributed by atoms with van der Waals surface area (Å²) in [6.45, 7) is 2.37. The second-order valence-electron chi connectivity index (χ2n) is 5.90. The molecule has 1 atom stereocenters. The maximum absolute atomic E-state index is 13.2. The zero-order valence-corrected chi connectivity index (χ0v) is 14.5. The summed E-state index contributed by atoms with van der Waals surface area (Å²) in [4.78, 5) is 29.7. The van der Waals surface area contributed by atoms with E-state index >= 15 is 0 Å². The molecule has 0 N–H and O–H groups in total. The van der Waals surface area contributed by atoms with E-state index in [1.807, 2.05) is 49.4 Å². The third kappa shape index (κ3) is 2.82. The number of aromatic nitrogens is 2. The first-order valence-electron chi connectivity index (χ1n) is 8.06. The number of carbonyl (C=O) groups excluding carboxylic acids is 1. The van der Waals surface area contributed by atoms with Crippen LogP contribution < -0.4 is 5.56 Å². The van der Waals surface area contributed by atoms with Gasteiger partial charge < -0.3 is 4.74 Å². The number of cyclic esters (lactones) is 1. The summed E-state index contributed by atoms with van der Waals surface area (Å²) in [7, 11) is 0. The number of nitrogens with zero attached hydrogens (tertiary/aromatic N) is 2. The van der Waals surface area contributed by atoms with Gasteiger partial charge in [0.2, 0.25) is 0 Å². The van der Waals surface area contributed by atoms with Gasteiger partial charge in [0.25, 0.3) is 5.56 Å². The molecule has 0 saturated carbocycles. The average molecular weight is 352 g/mol. The van der Waals surface area contributed by atoms with Crippen LogP contribution in [-0.4, -0.2) is 27.4 Å². The third-order valence-electron chi connectivity index (χ3n) is 4.24. The highest BCUT2D eigenvalue weighted by Gasteiger charge is 2.30. The van der Waals surface area contributed by atoms with Crippen LogP contribution >= 0.6 is 11.8 Å². The Labute approximate surface area is 148 Å². The van der Waals surface area contributed by atoms with E-state index in [0.29, 0.717) is 29.1 Å². The van der Waals surface area contributed by atoms with Crippen LogP contribution in [0.2, 0.25) is 0 Å². The van der Waals surface area contributed by atoms with Crippen molar-refractivity contribution in [2.24, 2.45) is 0 Å². The molecule has 3 aromatic rings.